The standard InChI is InChI=1S/C20H32O3/c1-14(13-23-5)11-20(4)16(15(2)12-21)9-10-19(3)17(20)7-6-8-18(19)22/h7,12-13,15-16,18,22H,6,8-11H2,1-5H3/b14-13+/t15?,16?,18?,19-,20?/m1/s1. The SMILES string of the molecule is CO/C=C(\C)CC1(C)C2=CCCC(O)[C@]2(C)CCC1C(C)C=O. The fourth-order valence-electron chi connectivity index (χ4n) is 5.26. The summed E-state index contributed by atoms with van der Waals surface area (Å²) in [6, 6.07) is 0. The van der Waals surface area contributed by atoms with E-state index < -0.39 is 0 Å². The van der Waals surface area contributed by atoms with Gasteiger partial charge in [0.1, 0.15) is 6.29 Å². The predicted molar refractivity (Wildman–Crippen MR) is 92.9 cm³/mol. The smallest absolute Gasteiger partial charge is 0.123 e. The zero-order valence-corrected chi connectivity index (χ0v) is 15.3. The molecule has 2 aliphatic carbocycles. The molecule has 1 N–H and O–H groups in total. The average Bonchev–Trinajstić information content (AvgIpc) is 2.49. The summed E-state index contributed by atoms with van der Waals surface area (Å²) in [5.41, 5.74) is 2.29. The fraction of sp³-hybridized carbons (Fsp3) is 0.750. The Labute approximate surface area is 140 Å². The first kappa shape index (κ1) is 18.3. The molecule has 0 aromatic heterocycles. The van der Waals surface area contributed by atoms with Crippen LogP contribution in [-0.2, 0) is 9.53 Å². The van der Waals surface area contributed by atoms with E-state index in [0.29, 0.717) is 5.92 Å². The third kappa shape index (κ3) is 3.13. The monoisotopic (exact) mass is 320 g/mol. The molecule has 0 spiro atoms. The topological polar surface area (TPSA) is 46.5 Å². The molecule has 2 rings (SSSR count). The second kappa shape index (κ2) is 6.80. The molecule has 0 heterocycles. The highest BCUT2D eigenvalue weighted by Crippen LogP contribution is 2.61. The van der Waals surface area contributed by atoms with Gasteiger partial charge >= 0.3 is 0 Å². The van der Waals surface area contributed by atoms with Crippen molar-refractivity contribution in [3.63, 3.8) is 0 Å². The number of hydrogen-bond donors (Lipinski definition) is 1. The van der Waals surface area contributed by atoms with E-state index in [2.05, 4.69) is 26.8 Å². The van der Waals surface area contributed by atoms with Crippen LogP contribution in [0.25, 0.3) is 0 Å². The number of methoxy groups -OCH3 is 1. The van der Waals surface area contributed by atoms with Crippen molar-refractivity contribution < 1.29 is 14.6 Å². The van der Waals surface area contributed by atoms with Crippen molar-refractivity contribution in [3.05, 3.63) is 23.5 Å². The summed E-state index contributed by atoms with van der Waals surface area (Å²) in [6.07, 6.45) is 9.57. The maximum Gasteiger partial charge on any atom is 0.123 e. The van der Waals surface area contributed by atoms with Crippen LogP contribution >= 0.6 is 0 Å². The number of aliphatic hydroxyl groups excluding tert-OH is 1. The molecule has 130 valence electrons. The van der Waals surface area contributed by atoms with E-state index in [4.69, 9.17) is 4.74 Å². The predicted octanol–water partition coefficient (Wildman–Crippen LogP) is 4.27. The number of ether oxygens (including phenoxy) is 1. The lowest BCUT2D eigenvalue weighted by atomic mass is 9.48. The molecule has 23 heavy (non-hydrogen) atoms. The van der Waals surface area contributed by atoms with Crippen molar-refractivity contribution in [3.8, 4) is 0 Å². The maximum atomic E-state index is 11.5. The number of rotatable bonds is 5. The quantitative estimate of drug-likeness (QED) is 0.467. The van der Waals surface area contributed by atoms with Crippen molar-refractivity contribution in [1.82, 2.24) is 0 Å². The van der Waals surface area contributed by atoms with Gasteiger partial charge in [-0.2, -0.15) is 0 Å². The molecule has 1 fully saturated rings. The molecule has 2 aliphatic rings. The number of allylic oxidation sites excluding steroid dienone is 2. The summed E-state index contributed by atoms with van der Waals surface area (Å²) >= 11 is 0. The van der Waals surface area contributed by atoms with Gasteiger partial charge in [0.15, 0.2) is 0 Å². The van der Waals surface area contributed by atoms with E-state index in [1.54, 1.807) is 13.4 Å². The van der Waals surface area contributed by atoms with Crippen molar-refractivity contribution in [2.24, 2.45) is 22.7 Å². The molecule has 0 radical (unpaired) electrons. The van der Waals surface area contributed by atoms with Gasteiger partial charge in [0.25, 0.3) is 0 Å². The lowest BCUT2D eigenvalue weighted by Gasteiger charge is -2.56. The molecule has 0 aromatic carbocycles. The highest BCUT2D eigenvalue weighted by molar-refractivity contribution is 5.54. The third-order valence-corrected chi connectivity index (χ3v) is 6.36. The van der Waals surface area contributed by atoms with Crippen LogP contribution in [0.3, 0.4) is 0 Å². The minimum Gasteiger partial charge on any atom is -0.504 e. The lowest BCUT2D eigenvalue weighted by Crippen LogP contribution is -2.50. The van der Waals surface area contributed by atoms with Crippen LogP contribution in [0.2, 0.25) is 0 Å². The van der Waals surface area contributed by atoms with Gasteiger partial charge in [-0.1, -0.05) is 32.4 Å². The molecule has 0 amide bonds. The Morgan fingerprint density at radius 1 is 1.48 bits per heavy atom. The van der Waals surface area contributed by atoms with Crippen molar-refractivity contribution in [1.29, 1.82) is 0 Å². The fourth-order valence-corrected chi connectivity index (χ4v) is 5.26. The van der Waals surface area contributed by atoms with Crippen LogP contribution in [0.15, 0.2) is 23.5 Å². The van der Waals surface area contributed by atoms with Crippen LogP contribution in [0, 0.1) is 22.7 Å². The van der Waals surface area contributed by atoms with E-state index in [9.17, 15) is 9.90 Å². The Hall–Kier alpha value is -1.09. The van der Waals surface area contributed by atoms with Gasteiger partial charge in [-0.3, -0.25) is 0 Å². The Balaban J connectivity index is 2.48. The first-order valence-corrected chi connectivity index (χ1v) is 8.82. The van der Waals surface area contributed by atoms with Crippen molar-refractivity contribution >= 4 is 6.29 Å². The van der Waals surface area contributed by atoms with Crippen LogP contribution in [-0.4, -0.2) is 24.6 Å². The molecule has 0 aliphatic heterocycles. The Morgan fingerprint density at radius 2 is 2.17 bits per heavy atom. The lowest BCUT2D eigenvalue weighted by molar-refractivity contribution is -0.115. The first-order chi connectivity index (χ1) is 10.8. The number of fused-ring (bicyclic) bond motifs is 1. The number of carbonyl (C=O) groups excluding carboxylic acids is 1. The average molecular weight is 320 g/mol. The summed E-state index contributed by atoms with van der Waals surface area (Å²) < 4.78 is 5.19. The van der Waals surface area contributed by atoms with Crippen LogP contribution in [0.1, 0.15) is 59.8 Å². The number of hydrogen-bond acceptors (Lipinski definition) is 3. The molecular formula is C20H32O3. The Morgan fingerprint density at radius 3 is 2.78 bits per heavy atom. The molecule has 3 nitrogen and oxygen atoms in total. The van der Waals surface area contributed by atoms with Crippen molar-refractivity contribution in [2.45, 2.75) is 65.9 Å². The number of carbonyl (C=O) groups is 1. The second-order valence-corrected chi connectivity index (χ2v) is 8.06. The van der Waals surface area contributed by atoms with E-state index in [0.717, 1.165) is 38.4 Å². The van der Waals surface area contributed by atoms with Crippen molar-refractivity contribution in [2.75, 3.05) is 7.11 Å². The minimum atomic E-state index is -0.277. The van der Waals surface area contributed by atoms with Gasteiger partial charge in [0, 0.05) is 11.3 Å². The third-order valence-electron chi connectivity index (χ3n) is 6.36. The van der Waals surface area contributed by atoms with Gasteiger partial charge < -0.3 is 14.6 Å². The zero-order chi connectivity index (χ0) is 17.3. The zero-order valence-electron chi connectivity index (χ0n) is 15.3. The summed E-state index contributed by atoms with van der Waals surface area (Å²) in [6.45, 7) is 8.61. The maximum absolute atomic E-state index is 11.5. The molecule has 0 aromatic rings. The van der Waals surface area contributed by atoms with Crippen LogP contribution < -0.4 is 0 Å². The normalized spacial score (nSPS) is 39.2. The van der Waals surface area contributed by atoms with E-state index in [-0.39, 0.29) is 22.9 Å². The molecule has 4 unspecified atom stereocenters. The van der Waals surface area contributed by atoms with E-state index >= 15 is 0 Å². The van der Waals surface area contributed by atoms with E-state index in [1.165, 1.54) is 11.1 Å². The Bertz CT molecular complexity index is 507. The largest absolute Gasteiger partial charge is 0.504 e. The van der Waals surface area contributed by atoms with Gasteiger partial charge in [0.05, 0.1) is 19.5 Å². The molecule has 1 saturated carbocycles. The minimum absolute atomic E-state index is 0.0277. The molecule has 3 heteroatoms. The highest BCUT2D eigenvalue weighted by Gasteiger charge is 2.54. The number of aliphatic hydroxyl groups is 1. The highest BCUT2D eigenvalue weighted by atomic mass is 16.5. The van der Waals surface area contributed by atoms with Gasteiger partial charge in [-0.15, -0.1) is 0 Å². The van der Waals surface area contributed by atoms with E-state index in [1.807, 2.05) is 6.92 Å². The first-order valence-electron chi connectivity index (χ1n) is 8.82. The molecule has 5 atom stereocenters. The summed E-state index contributed by atoms with van der Waals surface area (Å²) in [5.74, 6) is 0.338. The molecule has 0 saturated heterocycles. The van der Waals surface area contributed by atoms with Gasteiger partial charge in [-0.25, -0.2) is 0 Å². The summed E-state index contributed by atoms with van der Waals surface area (Å²) in [4.78, 5) is 11.5. The second-order valence-electron chi connectivity index (χ2n) is 8.06. The summed E-state index contributed by atoms with van der Waals surface area (Å²) in [7, 11) is 1.67. The molecule has 0 bridgehead atoms. The Kier molecular flexibility index (Phi) is 5.40. The van der Waals surface area contributed by atoms with Gasteiger partial charge in [-0.05, 0) is 55.9 Å². The van der Waals surface area contributed by atoms with Crippen LogP contribution in [0.5, 0.6) is 0 Å². The van der Waals surface area contributed by atoms with Crippen LogP contribution in [0.4, 0.5) is 0 Å². The summed E-state index contributed by atoms with van der Waals surface area (Å²) in [5, 5.41) is 10.7. The number of aldehydes is 1. The van der Waals surface area contributed by atoms with Gasteiger partial charge in [0.2, 0.25) is 0 Å². The molecular weight excluding hydrogens is 288 g/mol.